The van der Waals surface area contributed by atoms with Crippen molar-refractivity contribution >= 4 is 23.5 Å². The van der Waals surface area contributed by atoms with Gasteiger partial charge in [-0.1, -0.05) is 35.0 Å². The number of nitrogens with zero attached hydrogens (tertiary/aromatic N) is 4. The van der Waals surface area contributed by atoms with Crippen LogP contribution in [0.2, 0.25) is 5.02 Å². The molecule has 0 aliphatic carbocycles. The quantitative estimate of drug-likeness (QED) is 0.890. The molecule has 3 rings (SSSR count). The Balaban J connectivity index is 1.66. The Hall–Kier alpha value is -2.45. The van der Waals surface area contributed by atoms with E-state index in [1.165, 1.54) is 10.9 Å². The van der Waals surface area contributed by atoms with Crippen LogP contribution in [0.4, 0.5) is 0 Å². The normalized spacial score (nSPS) is 17.7. The van der Waals surface area contributed by atoms with E-state index in [1.807, 2.05) is 18.2 Å². The van der Waals surface area contributed by atoms with E-state index >= 15 is 0 Å². The molecule has 1 saturated heterocycles. The molecule has 2 heterocycles. The van der Waals surface area contributed by atoms with Gasteiger partial charge in [-0.15, -0.1) is 5.10 Å². The van der Waals surface area contributed by atoms with Crippen LogP contribution in [0.5, 0.6) is 0 Å². The van der Waals surface area contributed by atoms with Crippen molar-refractivity contribution in [1.82, 2.24) is 19.9 Å². The number of carbonyl (C=O) groups is 2. The molecular weight excluding hydrogens is 336 g/mol. The summed E-state index contributed by atoms with van der Waals surface area (Å²) in [5.41, 5.74) is 0.643. The van der Waals surface area contributed by atoms with Gasteiger partial charge >= 0.3 is 5.97 Å². The van der Waals surface area contributed by atoms with E-state index in [0.717, 1.165) is 5.56 Å². The zero-order valence-electron chi connectivity index (χ0n) is 12.6. The van der Waals surface area contributed by atoms with Gasteiger partial charge in [-0.3, -0.25) is 4.79 Å². The van der Waals surface area contributed by atoms with Gasteiger partial charge in [-0.2, -0.15) is 0 Å². The molecule has 126 valence electrons. The minimum atomic E-state index is -1.18. The highest BCUT2D eigenvalue weighted by Gasteiger charge is 2.27. The number of rotatable bonds is 4. The fourth-order valence-corrected chi connectivity index (χ4v) is 2.77. The number of carboxylic acids is 1. The second-order valence-electron chi connectivity index (χ2n) is 5.33. The molecule has 0 saturated carbocycles. The lowest BCUT2D eigenvalue weighted by molar-refractivity contribution is -0.139. The van der Waals surface area contributed by atoms with Crippen LogP contribution in [0.15, 0.2) is 30.5 Å². The number of carboxylic acid groups (broad SMARTS) is 1. The molecule has 1 unspecified atom stereocenters. The second kappa shape index (κ2) is 6.98. The van der Waals surface area contributed by atoms with Crippen molar-refractivity contribution in [3.63, 3.8) is 0 Å². The Morgan fingerprint density at radius 2 is 2.17 bits per heavy atom. The number of carbonyl (C=O) groups excluding carboxylic acids is 1. The first-order chi connectivity index (χ1) is 11.5. The Morgan fingerprint density at radius 3 is 2.88 bits per heavy atom. The third-order valence-electron chi connectivity index (χ3n) is 3.73. The van der Waals surface area contributed by atoms with Crippen molar-refractivity contribution < 1.29 is 19.4 Å². The first kappa shape index (κ1) is 16.4. The van der Waals surface area contributed by atoms with Crippen molar-refractivity contribution in [3.05, 3.63) is 46.7 Å². The maximum absolute atomic E-state index is 12.4. The molecule has 8 nitrogen and oxygen atoms in total. The van der Waals surface area contributed by atoms with E-state index in [4.69, 9.17) is 21.4 Å². The minimum Gasteiger partial charge on any atom is -0.476 e. The van der Waals surface area contributed by atoms with E-state index in [9.17, 15) is 9.59 Å². The molecule has 1 fully saturated rings. The van der Waals surface area contributed by atoms with E-state index in [-0.39, 0.29) is 24.2 Å². The standard InChI is InChI=1S/C15H15ClN4O4/c16-11-4-2-1-3-10(11)13-8-19(5-6-24-13)14(21)9-20-7-12(15(22)23)17-18-20/h1-4,7,13H,5-6,8-9H2,(H,22,23). The van der Waals surface area contributed by atoms with Gasteiger partial charge in [0.25, 0.3) is 0 Å². The predicted octanol–water partition coefficient (Wildman–Crippen LogP) is 1.23. The molecule has 1 aliphatic heterocycles. The number of hydrogen-bond acceptors (Lipinski definition) is 5. The number of aromatic nitrogens is 3. The van der Waals surface area contributed by atoms with Gasteiger partial charge in [0.2, 0.25) is 5.91 Å². The molecule has 1 amide bonds. The van der Waals surface area contributed by atoms with E-state index in [1.54, 1.807) is 11.0 Å². The van der Waals surface area contributed by atoms with Gasteiger partial charge in [0, 0.05) is 17.1 Å². The van der Waals surface area contributed by atoms with Crippen LogP contribution in [0, 0.1) is 0 Å². The van der Waals surface area contributed by atoms with Gasteiger partial charge in [-0.05, 0) is 6.07 Å². The average Bonchev–Trinajstić information content (AvgIpc) is 3.04. The summed E-state index contributed by atoms with van der Waals surface area (Å²) in [5.74, 6) is -1.36. The van der Waals surface area contributed by atoms with Crippen LogP contribution in [0.1, 0.15) is 22.2 Å². The van der Waals surface area contributed by atoms with Crippen molar-refractivity contribution in [2.24, 2.45) is 0 Å². The Bertz CT molecular complexity index is 763. The number of hydrogen-bond donors (Lipinski definition) is 1. The molecule has 2 aromatic rings. The third kappa shape index (κ3) is 3.55. The second-order valence-corrected chi connectivity index (χ2v) is 5.73. The topological polar surface area (TPSA) is 97.5 Å². The first-order valence-electron chi connectivity index (χ1n) is 7.32. The molecule has 1 aromatic heterocycles. The zero-order chi connectivity index (χ0) is 17.1. The lowest BCUT2D eigenvalue weighted by Crippen LogP contribution is -2.43. The lowest BCUT2D eigenvalue weighted by atomic mass is 10.1. The maximum atomic E-state index is 12.4. The molecule has 9 heteroatoms. The highest BCUT2D eigenvalue weighted by molar-refractivity contribution is 6.31. The minimum absolute atomic E-state index is 0.0739. The molecule has 1 atom stereocenters. The third-order valence-corrected chi connectivity index (χ3v) is 4.07. The van der Waals surface area contributed by atoms with E-state index in [2.05, 4.69) is 10.3 Å². The van der Waals surface area contributed by atoms with Gasteiger partial charge < -0.3 is 14.7 Å². The largest absolute Gasteiger partial charge is 0.476 e. The molecule has 24 heavy (non-hydrogen) atoms. The summed E-state index contributed by atoms with van der Waals surface area (Å²) in [7, 11) is 0. The van der Waals surface area contributed by atoms with Crippen molar-refractivity contribution in [3.8, 4) is 0 Å². The highest BCUT2D eigenvalue weighted by Crippen LogP contribution is 2.28. The Kier molecular flexibility index (Phi) is 4.77. The molecule has 1 aromatic carbocycles. The average molecular weight is 351 g/mol. The van der Waals surface area contributed by atoms with Crippen LogP contribution < -0.4 is 0 Å². The summed E-state index contributed by atoms with van der Waals surface area (Å²) in [6.45, 7) is 1.16. The smallest absolute Gasteiger partial charge is 0.358 e. The molecule has 0 radical (unpaired) electrons. The summed E-state index contributed by atoms with van der Waals surface area (Å²) in [4.78, 5) is 24.9. The summed E-state index contributed by atoms with van der Waals surface area (Å²) < 4.78 is 6.93. The number of halogens is 1. The summed E-state index contributed by atoms with van der Waals surface area (Å²) >= 11 is 6.19. The van der Waals surface area contributed by atoms with Gasteiger partial charge in [0.15, 0.2) is 5.69 Å². The number of aromatic carboxylic acids is 1. The SMILES string of the molecule is O=C(O)c1cn(CC(=O)N2CCOC(c3ccccc3Cl)C2)nn1. The zero-order valence-corrected chi connectivity index (χ0v) is 13.4. The fourth-order valence-electron chi connectivity index (χ4n) is 2.51. The monoisotopic (exact) mass is 350 g/mol. The Morgan fingerprint density at radius 1 is 1.38 bits per heavy atom. The van der Waals surface area contributed by atoms with Crippen LogP contribution >= 0.6 is 11.6 Å². The van der Waals surface area contributed by atoms with E-state index < -0.39 is 5.97 Å². The highest BCUT2D eigenvalue weighted by atomic mass is 35.5. The number of morpholine rings is 1. The molecular formula is C15H15ClN4O4. The van der Waals surface area contributed by atoms with Gasteiger partial charge in [-0.25, -0.2) is 9.48 Å². The summed E-state index contributed by atoms with van der Waals surface area (Å²) in [6, 6.07) is 7.36. The van der Waals surface area contributed by atoms with Crippen molar-refractivity contribution in [2.45, 2.75) is 12.6 Å². The summed E-state index contributed by atoms with van der Waals surface area (Å²) in [5, 5.41) is 16.6. The van der Waals surface area contributed by atoms with E-state index in [0.29, 0.717) is 24.7 Å². The van der Waals surface area contributed by atoms with Gasteiger partial charge in [0.05, 0.1) is 19.3 Å². The predicted molar refractivity (Wildman–Crippen MR) is 83.7 cm³/mol. The number of benzene rings is 1. The Labute approximate surface area is 142 Å². The van der Waals surface area contributed by atoms with Crippen molar-refractivity contribution in [2.75, 3.05) is 19.7 Å². The van der Waals surface area contributed by atoms with Gasteiger partial charge in [0.1, 0.15) is 12.6 Å². The van der Waals surface area contributed by atoms with Crippen molar-refractivity contribution in [1.29, 1.82) is 0 Å². The first-order valence-corrected chi connectivity index (χ1v) is 7.69. The number of ether oxygens (including phenoxy) is 1. The molecule has 0 spiro atoms. The van der Waals surface area contributed by atoms with Crippen LogP contribution in [0.3, 0.4) is 0 Å². The molecule has 1 N–H and O–H groups in total. The van der Waals surface area contributed by atoms with Crippen LogP contribution in [-0.4, -0.2) is 56.6 Å². The van der Waals surface area contributed by atoms with Crippen LogP contribution in [-0.2, 0) is 16.1 Å². The summed E-state index contributed by atoms with van der Waals surface area (Å²) in [6.07, 6.45) is 0.938. The molecule has 1 aliphatic rings. The number of amides is 1. The fraction of sp³-hybridized carbons (Fsp3) is 0.333. The lowest BCUT2D eigenvalue weighted by Gasteiger charge is -2.33. The maximum Gasteiger partial charge on any atom is 0.358 e. The molecule has 0 bridgehead atoms. The van der Waals surface area contributed by atoms with Crippen LogP contribution in [0.25, 0.3) is 0 Å².